The van der Waals surface area contributed by atoms with Crippen LogP contribution < -0.4 is 5.32 Å². The summed E-state index contributed by atoms with van der Waals surface area (Å²) in [4.78, 5) is 15.7. The smallest absolute Gasteiger partial charge is 0.338 e. The highest BCUT2D eigenvalue weighted by molar-refractivity contribution is 7.11. The number of halogens is 2. The largest absolute Gasteiger partial charge is 0.478 e. The maximum atomic E-state index is 13.6. The lowest BCUT2D eigenvalue weighted by Crippen LogP contribution is -2.07. The van der Waals surface area contributed by atoms with Crippen LogP contribution in [0.1, 0.15) is 20.2 Å². The van der Waals surface area contributed by atoms with Gasteiger partial charge in [0.2, 0.25) is 0 Å². The van der Waals surface area contributed by atoms with E-state index >= 15 is 0 Å². The van der Waals surface area contributed by atoms with Gasteiger partial charge in [-0.2, -0.15) is 0 Å². The summed E-state index contributed by atoms with van der Waals surface area (Å²) in [7, 11) is 0. The number of carbonyl (C=O) groups is 1. The molecule has 0 spiro atoms. The second kappa shape index (κ2) is 5.31. The predicted molar refractivity (Wildman–Crippen MR) is 67.5 cm³/mol. The molecule has 0 radical (unpaired) electrons. The monoisotopic (exact) mass is 284 g/mol. The number of thiazole rings is 1. The van der Waals surface area contributed by atoms with Crippen molar-refractivity contribution in [2.24, 2.45) is 0 Å². The molecule has 1 aromatic heterocycles. The first-order chi connectivity index (χ1) is 8.99. The summed E-state index contributed by atoms with van der Waals surface area (Å²) in [5.74, 6) is -4.07. The molecule has 0 fully saturated rings. The number of nitrogens with one attached hydrogen (secondary N) is 1. The topological polar surface area (TPSA) is 62.2 Å². The summed E-state index contributed by atoms with van der Waals surface area (Å²) in [6, 6.07) is 2.22. The van der Waals surface area contributed by atoms with Gasteiger partial charge >= 0.3 is 5.97 Å². The maximum Gasteiger partial charge on any atom is 0.338 e. The van der Waals surface area contributed by atoms with Crippen LogP contribution in [0.4, 0.5) is 14.5 Å². The van der Waals surface area contributed by atoms with E-state index in [1.165, 1.54) is 17.4 Å². The molecule has 0 aliphatic rings. The lowest BCUT2D eigenvalue weighted by Gasteiger charge is -2.07. The minimum absolute atomic E-state index is 0.0876. The number of benzene rings is 1. The molecule has 0 saturated carbocycles. The Morgan fingerprint density at radius 1 is 1.42 bits per heavy atom. The first kappa shape index (κ1) is 13.4. The van der Waals surface area contributed by atoms with E-state index in [9.17, 15) is 13.6 Å². The average Bonchev–Trinajstić information content (AvgIpc) is 2.76. The van der Waals surface area contributed by atoms with Gasteiger partial charge < -0.3 is 10.4 Å². The molecular weight excluding hydrogens is 274 g/mol. The molecule has 0 atom stereocenters. The van der Waals surface area contributed by atoms with Crippen LogP contribution in [0, 0.1) is 18.6 Å². The van der Waals surface area contributed by atoms with Crippen LogP contribution in [0.3, 0.4) is 0 Å². The standard InChI is InChI=1S/C12H10F2N2O2S/c1-6-4-16-9(19-6)5-15-8-3-2-7(12(17)18)10(13)11(8)14/h2-4,15H,5H2,1H3,(H,17,18). The van der Waals surface area contributed by atoms with Gasteiger partial charge in [-0.25, -0.2) is 18.6 Å². The van der Waals surface area contributed by atoms with Crippen molar-refractivity contribution in [1.82, 2.24) is 4.98 Å². The van der Waals surface area contributed by atoms with Crippen LogP contribution in [0.15, 0.2) is 18.3 Å². The van der Waals surface area contributed by atoms with Crippen molar-refractivity contribution in [2.45, 2.75) is 13.5 Å². The third kappa shape index (κ3) is 2.87. The molecule has 0 aliphatic heterocycles. The molecule has 7 heteroatoms. The van der Waals surface area contributed by atoms with E-state index < -0.39 is 23.2 Å². The number of anilines is 1. The molecule has 1 heterocycles. The number of carboxylic acids is 1. The molecule has 0 bridgehead atoms. The SMILES string of the molecule is Cc1cnc(CNc2ccc(C(=O)O)c(F)c2F)s1. The molecule has 4 nitrogen and oxygen atoms in total. The Kier molecular flexibility index (Phi) is 3.75. The van der Waals surface area contributed by atoms with Crippen LogP contribution in [-0.2, 0) is 6.54 Å². The summed E-state index contributed by atoms with van der Waals surface area (Å²) in [5.41, 5.74) is -0.775. The minimum Gasteiger partial charge on any atom is -0.478 e. The predicted octanol–water partition coefficient (Wildman–Crippen LogP) is 3.04. The van der Waals surface area contributed by atoms with Gasteiger partial charge in [0.15, 0.2) is 11.6 Å². The Hall–Kier alpha value is -2.02. The van der Waals surface area contributed by atoms with Crippen molar-refractivity contribution in [3.63, 3.8) is 0 Å². The van der Waals surface area contributed by atoms with Gasteiger partial charge in [0.1, 0.15) is 5.01 Å². The van der Waals surface area contributed by atoms with Crippen molar-refractivity contribution < 1.29 is 18.7 Å². The number of nitrogens with zero attached hydrogens (tertiary/aromatic N) is 1. The van der Waals surface area contributed by atoms with Crippen LogP contribution in [0.5, 0.6) is 0 Å². The van der Waals surface area contributed by atoms with E-state index in [0.29, 0.717) is 0 Å². The van der Waals surface area contributed by atoms with Crippen molar-refractivity contribution >= 4 is 23.0 Å². The van der Waals surface area contributed by atoms with Crippen LogP contribution in [-0.4, -0.2) is 16.1 Å². The summed E-state index contributed by atoms with van der Waals surface area (Å²) in [6.07, 6.45) is 1.69. The van der Waals surface area contributed by atoms with Crippen molar-refractivity contribution in [3.8, 4) is 0 Å². The third-order valence-corrected chi connectivity index (χ3v) is 3.32. The van der Waals surface area contributed by atoms with E-state index in [0.717, 1.165) is 16.0 Å². The Morgan fingerprint density at radius 3 is 2.74 bits per heavy atom. The molecule has 2 aromatic rings. The summed E-state index contributed by atoms with van der Waals surface area (Å²) in [6.45, 7) is 2.14. The Morgan fingerprint density at radius 2 is 2.16 bits per heavy atom. The molecular formula is C12H10F2N2O2S. The lowest BCUT2D eigenvalue weighted by molar-refractivity contribution is 0.0690. The number of hydrogen-bond acceptors (Lipinski definition) is 4. The van der Waals surface area contributed by atoms with Crippen molar-refractivity contribution in [1.29, 1.82) is 0 Å². The highest BCUT2D eigenvalue weighted by atomic mass is 32.1. The van der Waals surface area contributed by atoms with Crippen LogP contribution >= 0.6 is 11.3 Å². The first-order valence-electron chi connectivity index (χ1n) is 5.35. The van der Waals surface area contributed by atoms with Gasteiger partial charge in [-0.1, -0.05) is 0 Å². The summed E-state index contributed by atoms with van der Waals surface area (Å²) in [5, 5.41) is 12.1. The van der Waals surface area contributed by atoms with Gasteiger partial charge in [0.25, 0.3) is 0 Å². The number of aromatic carboxylic acids is 1. The van der Waals surface area contributed by atoms with E-state index in [1.807, 2.05) is 6.92 Å². The normalized spacial score (nSPS) is 10.5. The fraction of sp³-hybridized carbons (Fsp3) is 0.167. The van der Waals surface area contributed by atoms with Crippen LogP contribution in [0.2, 0.25) is 0 Å². The molecule has 1 aromatic carbocycles. The fourth-order valence-electron chi connectivity index (χ4n) is 1.51. The lowest BCUT2D eigenvalue weighted by atomic mass is 10.2. The highest BCUT2D eigenvalue weighted by Gasteiger charge is 2.17. The Bertz CT molecular complexity index is 628. The highest BCUT2D eigenvalue weighted by Crippen LogP contribution is 2.22. The number of carboxylic acid groups (broad SMARTS) is 1. The molecule has 100 valence electrons. The Labute approximate surface area is 111 Å². The van der Waals surface area contributed by atoms with E-state index in [4.69, 9.17) is 5.11 Å². The van der Waals surface area contributed by atoms with Gasteiger partial charge in [0, 0.05) is 11.1 Å². The van der Waals surface area contributed by atoms with Crippen LogP contribution in [0.25, 0.3) is 0 Å². The zero-order valence-electron chi connectivity index (χ0n) is 9.91. The van der Waals surface area contributed by atoms with E-state index in [1.54, 1.807) is 6.20 Å². The number of hydrogen-bond donors (Lipinski definition) is 2. The molecule has 2 rings (SSSR count). The van der Waals surface area contributed by atoms with Crippen molar-refractivity contribution in [3.05, 3.63) is 45.4 Å². The van der Waals surface area contributed by atoms with Gasteiger partial charge in [-0.15, -0.1) is 11.3 Å². The molecule has 0 unspecified atom stereocenters. The molecule has 0 amide bonds. The van der Waals surface area contributed by atoms with E-state index in [2.05, 4.69) is 10.3 Å². The molecule has 19 heavy (non-hydrogen) atoms. The first-order valence-corrected chi connectivity index (χ1v) is 6.17. The number of rotatable bonds is 4. The zero-order valence-corrected chi connectivity index (χ0v) is 10.7. The fourth-order valence-corrected chi connectivity index (χ4v) is 2.23. The summed E-state index contributed by atoms with van der Waals surface area (Å²) < 4.78 is 27.0. The van der Waals surface area contributed by atoms with Gasteiger partial charge in [-0.05, 0) is 19.1 Å². The molecule has 0 aliphatic carbocycles. The zero-order chi connectivity index (χ0) is 14.0. The van der Waals surface area contributed by atoms with Crippen molar-refractivity contribution in [2.75, 3.05) is 5.32 Å². The number of aryl methyl sites for hydroxylation is 1. The number of aromatic nitrogens is 1. The Balaban J connectivity index is 2.17. The molecule has 0 saturated heterocycles. The third-order valence-electron chi connectivity index (χ3n) is 2.41. The second-order valence-electron chi connectivity index (χ2n) is 3.81. The summed E-state index contributed by atoms with van der Waals surface area (Å²) >= 11 is 1.44. The quantitative estimate of drug-likeness (QED) is 0.906. The van der Waals surface area contributed by atoms with Gasteiger partial charge in [-0.3, -0.25) is 0 Å². The second-order valence-corrected chi connectivity index (χ2v) is 5.13. The van der Waals surface area contributed by atoms with Gasteiger partial charge in [0.05, 0.1) is 17.8 Å². The maximum absolute atomic E-state index is 13.6. The molecule has 2 N–H and O–H groups in total. The average molecular weight is 284 g/mol. The van der Waals surface area contributed by atoms with E-state index in [-0.39, 0.29) is 12.2 Å². The minimum atomic E-state index is -1.50.